The van der Waals surface area contributed by atoms with E-state index in [9.17, 15) is 14.9 Å². The predicted molar refractivity (Wildman–Crippen MR) is 150 cm³/mol. The molecule has 1 aromatic carbocycles. The van der Waals surface area contributed by atoms with E-state index in [0.29, 0.717) is 38.6 Å². The standard InChI is InChI=1S/C28H28N6O4S/c1-27(2)19-9-10-28(27,3)23(14-19)30-32-26-33(16-21-8-5-11-38-21)25(35)22(39-26)13-18-15-29-31-24(18)17-6-4-7-20(12-17)34(36)37/h4-8,11-13,15,19H,9-10,14,16H2,1-3H3,(H,29,31). The summed E-state index contributed by atoms with van der Waals surface area (Å²) in [5, 5.41) is 28.2. The van der Waals surface area contributed by atoms with Crippen LogP contribution in [0.15, 0.2) is 68.4 Å². The van der Waals surface area contributed by atoms with Crippen molar-refractivity contribution in [1.82, 2.24) is 15.1 Å². The van der Waals surface area contributed by atoms with Gasteiger partial charge in [0.05, 0.1) is 34.5 Å². The number of nitro groups is 1. The number of furan rings is 1. The minimum Gasteiger partial charge on any atom is -0.467 e. The van der Waals surface area contributed by atoms with Crippen LogP contribution in [0, 0.1) is 26.9 Å². The maximum Gasteiger partial charge on any atom is 0.270 e. The highest BCUT2D eigenvalue weighted by atomic mass is 32.2. The van der Waals surface area contributed by atoms with Crippen LogP contribution in [0.4, 0.5) is 5.69 Å². The topological polar surface area (TPSA) is 130 Å². The fourth-order valence-electron chi connectivity index (χ4n) is 6.02. The quantitative estimate of drug-likeness (QED) is 0.222. The van der Waals surface area contributed by atoms with Gasteiger partial charge in [-0.25, -0.2) is 0 Å². The molecule has 1 saturated heterocycles. The molecule has 39 heavy (non-hydrogen) atoms. The molecular formula is C28H28N6O4S. The van der Waals surface area contributed by atoms with Crippen molar-refractivity contribution in [2.75, 3.05) is 0 Å². The molecule has 2 bridgehead atoms. The first kappa shape index (κ1) is 25.3. The van der Waals surface area contributed by atoms with Crippen molar-refractivity contribution >= 4 is 40.3 Å². The Morgan fingerprint density at radius 2 is 2.13 bits per heavy atom. The van der Waals surface area contributed by atoms with Crippen LogP contribution in [-0.2, 0) is 11.3 Å². The van der Waals surface area contributed by atoms with Gasteiger partial charge in [-0.1, -0.05) is 32.9 Å². The second kappa shape index (κ2) is 9.33. The number of amides is 1. The summed E-state index contributed by atoms with van der Waals surface area (Å²) in [6.07, 6.45) is 8.15. The van der Waals surface area contributed by atoms with Crippen LogP contribution in [0.5, 0.6) is 0 Å². The van der Waals surface area contributed by atoms with E-state index >= 15 is 0 Å². The van der Waals surface area contributed by atoms with E-state index < -0.39 is 4.92 Å². The van der Waals surface area contributed by atoms with Gasteiger partial charge < -0.3 is 4.42 Å². The number of rotatable bonds is 6. The van der Waals surface area contributed by atoms with Gasteiger partial charge in [-0.3, -0.25) is 24.9 Å². The largest absolute Gasteiger partial charge is 0.467 e. The van der Waals surface area contributed by atoms with Crippen LogP contribution in [0.25, 0.3) is 17.3 Å². The van der Waals surface area contributed by atoms with Crippen molar-refractivity contribution in [3.8, 4) is 11.3 Å². The molecule has 0 radical (unpaired) electrons. The Labute approximate surface area is 229 Å². The Kier molecular flexibility index (Phi) is 6.05. The van der Waals surface area contributed by atoms with E-state index in [-0.39, 0.29) is 29.0 Å². The van der Waals surface area contributed by atoms with Crippen LogP contribution >= 0.6 is 11.8 Å². The first-order chi connectivity index (χ1) is 18.7. The number of aromatic nitrogens is 2. The SMILES string of the molecule is CC12CCC(CC1=NN=C1SC(=Cc3cn[nH]c3-c3cccc([N+](=O)[O-])c3)C(=O)N1Cc1ccco1)C2(C)C. The molecule has 1 aliphatic heterocycles. The number of amidine groups is 1. The number of hydrogen-bond donors (Lipinski definition) is 1. The lowest BCUT2D eigenvalue weighted by molar-refractivity contribution is -0.384. The smallest absolute Gasteiger partial charge is 0.270 e. The Balaban J connectivity index is 1.35. The summed E-state index contributed by atoms with van der Waals surface area (Å²) in [5.74, 6) is 1.02. The molecular weight excluding hydrogens is 516 g/mol. The second-order valence-corrected chi connectivity index (χ2v) is 12.0. The number of hydrogen-bond acceptors (Lipinski definition) is 8. The van der Waals surface area contributed by atoms with Gasteiger partial charge in [0.15, 0.2) is 5.17 Å². The molecule has 3 aliphatic rings. The molecule has 2 unspecified atom stereocenters. The summed E-state index contributed by atoms with van der Waals surface area (Å²) in [5.41, 5.74) is 3.07. The first-order valence-corrected chi connectivity index (χ1v) is 13.7. The third-order valence-electron chi connectivity index (χ3n) is 8.85. The lowest BCUT2D eigenvalue weighted by Gasteiger charge is -2.34. The van der Waals surface area contributed by atoms with Gasteiger partial charge in [0.25, 0.3) is 11.6 Å². The molecule has 11 heteroatoms. The number of carbonyl (C=O) groups is 1. The van der Waals surface area contributed by atoms with E-state index in [1.807, 2.05) is 6.07 Å². The van der Waals surface area contributed by atoms with Crippen LogP contribution in [0.3, 0.4) is 0 Å². The van der Waals surface area contributed by atoms with Crippen molar-refractivity contribution in [2.45, 2.75) is 46.6 Å². The van der Waals surface area contributed by atoms with Crippen LogP contribution in [0.2, 0.25) is 0 Å². The number of benzene rings is 1. The highest BCUT2D eigenvalue weighted by molar-refractivity contribution is 8.18. The van der Waals surface area contributed by atoms with Crippen molar-refractivity contribution in [2.24, 2.45) is 27.0 Å². The summed E-state index contributed by atoms with van der Waals surface area (Å²) in [7, 11) is 0. The van der Waals surface area contributed by atoms with Gasteiger partial charge in [-0.15, -0.1) is 5.10 Å². The molecule has 2 aromatic heterocycles. The Morgan fingerprint density at radius 1 is 1.28 bits per heavy atom. The number of non-ortho nitro benzene ring substituents is 1. The highest BCUT2D eigenvalue weighted by Crippen LogP contribution is 2.64. The lowest BCUT2D eigenvalue weighted by Crippen LogP contribution is -2.32. The molecule has 1 N–H and O–H groups in total. The molecule has 3 aromatic rings. The molecule has 3 heterocycles. The summed E-state index contributed by atoms with van der Waals surface area (Å²) < 4.78 is 5.52. The first-order valence-electron chi connectivity index (χ1n) is 12.8. The number of nitro benzene ring substituents is 1. The Hall–Kier alpha value is -3.99. The summed E-state index contributed by atoms with van der Waals surface area (Å²) >= 11 is 1.25. The summed E-state index contributed by atoms with van der Waals surface area (Å²) in [4.78, 5) is 26.5. The van der Waals surface area contributed by atoms with Gasteiger partial charge in [0.2, 0.25) is 0 Å². The van der Waals surface area contributed by atoms with E-state index in [1.54, 1.807) is 41.6 Å². The minimum atomic E-state index is -0.442. The molecule has 2 atom stereocenters. The average molecular weight is 545 g/mol. The minimum absolute atomic E-state index is 0.00348. The monoisotopic (exact) mass is 544 g/mol. The second-order valence-electron chi connectivity index (χ2n) is 11.0. The molecule has 200 valence electrons. The van der Waals surface area contributed by atoms with Gasteiger partial charge in [0, 0.05) is 34.4 Å². The zero-order valence-electron chi connectivity index (χ0n) is 21.9. The third-order valence-corrected chi connectivity index (χ3v) is 9.85. The van der Waals surface area contributed by atoms with E-state index in [0.717, 1.165) is 18.6 Å². The van der Waals surface area contributed by atoms with Gasteiger partial charge in [-0.2, -0.15) is 10.2 Å². The van der Waals surface area contributed by atoms with Crippen molar-refractivity contribution in [3.63, 3.8) is 0 Å². The highest BCUT2D eigenvalue weighted by Gasteiger charge is 2.60. The zero-order valence-corrected chi connectivity index (χ0v) is 22.7. The van der Waals surface area contributed by atoms with Crippen molar-refractivity contribution < 1.29 is 14.1 Å². The van der Waals surface area contributed by atoms with E-state index in [2.05, 4.69) is 36.1 Å². The number of aromatic amines is 1. The molecule has 2 saturated carbocycles. The molecule has 0 spiro atoms. The maximum absolute atomic E-state index is 13.6. The average Bonchev–Trinajstić information content (AvgIpc) is 3.72. The zero-order chi connectivity index (χ0) is 27.4. The molecule has 2 aliphatic carbocycles. The van der Waals surface area contributed by atoms with Gasteiger partial charge >= 0.3 is 0 Å². The third kappa shape index (κ3) is 4.21. The molecule has 10 nitrogen and oxygen atoms in total. The van der Waals surface area contributed by atoms with Crippen LogP contribution in [0.1, 0.15) is 51.4 Å². The van der Waals surface area contributed by atoms with Crippen LogP contribution < -0.4 is 0 Å². The summed E-state index contributed by atoms with van der Waals surface area (Å²) in [6.45, 7) is 7.16. The fraction of sp³-hybridized carbons (Fsp3) is 0.357. The number of fused-ring (bicyclic) bond motifs is 2. The van der Waals surface area contributed by atoms with Gasteiger partial charge in [0.1, 0.15) is 5.76 Å². The number of carbonyl (C=O) groups excluding carboxylic acids is 1. The van der Waals surface area contributed by atoms with Crippen molar-refractivity contribution in [1.29, 1.82) is 0 Å². The predicted octanol–water partition coefficient (Wildman–Crippen LogP) is 6.25. The molecule has 3 fully saturated rings. The summed E-state index contributed by atoms with van der Waals surface area (Å²) in [6, 6.07) is 9.89. The fourth-order valence-corrected chi connectivity index (χ4v) is 6.93. The van der Waals surface area contributed by atoms with E-state index in [1.165, 1.54) is 30.3 Å². The number of H-pyrrole nitrogens is 1. The van der Waals surface area contributed by atoms with Gasteiger partial charge in [-0.05, 0) is 60.6 Å². The maximum atomic E-state index is 13.6. The Bertz CT molecular complexity index is 1550. The molecule has 1 amide bonds. The molecule has 6 rings (SSSR count). The normalized spacial score (nSPS) is 26.9. The van der Waals surface area contributed by atoms with E-state index in [4.69, 9.17) is 9.52 Å². The van der Waals surface area contributed by atoms with Crippen LogP contribution in [-0.4, -0.2) is 36.8 Å². The lowest BCUT2D eigenvalue weighted by atomic mass is 9.70. The number of thioether (sulfide) groups is 1. The van der Waals surface area contributed by atoms with Crippen molar-refractivity contribution in [3.05, 3.63) is 75.2 Å². The Morgan fingerprint density at radius 3 is 2.82 bits per heavy atom. The number of nitrogens with one attached hydrogen (secondary N) is 1. The number of nitrogens with zero attached hydrogens (tertiary/aromatic N) is 5.